The summed E-state index contributed by atoms with van der Waals surface area (Å²) in [5.74, 6) is -0.282. The van der Waals surface area contributed by atoms with Crippen molar-refractivity contribution in [2.75, 3.05) is 5.32 Å². The Morgan fingerprint density at radius 3 is 2.64 bits per heavy atom. The van der Waals surface area contributed by atoms with Crippen LogP contribution in [0.2, 0.25) is 5.02 Å². The Kier molecular flexibility index (Phi) is 4.77. The zero-order valence-corrected chi connectivity index (χ0v) is 13.3. The van der Waals surface area contributed by atoms with Crippen molar-refractivity contribution in [2.24, 2.45) is 0 Å². The number of rotatable bonds is 3. The maximum absolute atomic E-state index is 12.9. The van der Waals surface area contributed by atoms with Gasteiger partial charge in [0.2, 0.25) is 5.91 Å². The molecule has 1 N–H and O–H groups in total. The first-order valence-corrected chi connectivity index (χ1v) is 7.56. The Labute approximate surface area is 134 Å². The second kappa shape index (κ2) is 6.26. The van der Waals surface area contributed by atoms with Gasteiger partial charge in [-0.15, -0.1) is 11.3 Å². The van der Waals surface area contributed by atoms with Gasteiger partial charge in [-0.25, -0.2) is 4.98 Å². The van der Waals surface area contributed by atoms with Crippen LogP contribution in [0.25, 0.3) is 11.3 Å². The number of carbonyl (C=O) groups is 1. The zero-order chi connectivity index (χ0) is 16.5. The van der Waals surface area contributed by atoms with Crippen molar-refractivity contribution < 1.29 is 18.0 Å². The predicted octanol–water partition coefficient (Wildman–Crippen LogP) is 5.00. The number of hydrogen-bond donors (Lipinski definition) is 1. The number of hydrogen-bond acceptors (Lipinski definition) is 3. The topological polar surface area (TPSA) is 42.0 Å². The molecule has 22 heavy (non-hydrogen) atoms. The SMILES string of the molecule is CCc1sc(NC(C)=O)nc1-c1ccc(Cl)c(C(F)(F)F)c1. The second-order valence-corrected chi connectivity index (χ2v) is 6.01. The van der Waals surface area contributed by atoms with Crippen LogP contribution in [0, 0.1) is 0 Å². The Morgan fingerprint density at radius 1 is 1.41 bits per heavy atom. The van der Waals surface area contributed by atoms with E-state index in [4.69, 9.17) is 11.6 Å². The maximum atomic E-state index is 12.9. The van der Waals surface area contributed by atoms with Gasteiger partial charge in [0.15, 0.2) is 5.13 Å². The number of nitrogens with zero attached hydrogens (tertiary/aromatic N) is 1. The molecule has 2 aromatic rings. The fraction of sp³-hybridized carbons (Fsp3) is 0.286. The molecule has 1 aromatic heterocycles. The molecule has 0 unspecified atom stereocenters. The van der Waals surface area contributed by atoms with E-state index in [0.29, 0.717) is 22.8 Å². The maximum Gasteiger partial charge on any atom is 0.417 e. The highest BCUT2D eigenvalue weighted by Crippen LogP contribution is 2.39. The predicted molar refractivity (Wildman–Crippen MR) is 81.2 cm³/mol. The van der Waals surface area contributed by atoms with Crippen LogP contribution in [0.4, 0.5) is 18.3 Å². The molecule has 1 amide bonds. The first-order valence-electron chi connectivity index (χ1n) is 6.36. The van der Waals surface area contributed by atoms with E-state index in [1.165, 1.54) is 30.4 Å². The van der Waals surface area contributed by atoms with Gasteiger partial charge < -0.3 is 5.32 Å². The van der Waals surface area contributed by atoms with Crippen LogP contribution in [0.1, 0.15) is 24.3 Å². The average Bonchev–Trinajstić information content (AvgIpc) is 2.80. The number of halogens is 4. The Bertz CT molecular complexity index is 713. The van der Waals surface area contributed by atoms with E-state index in [1.807, 2.05) is 6.92 Å². The first-order chi connectivity index (χ1) is 10.2. The van der Waals surface area contributed by atoms with Crippen molar-refractivity contribution >= 4 is 34.0 Å². The summed E-state index contributed by atoms with van der Waals surface area (Å²) < 4.78 is 38.8. The number of thiazole rings is 1. The number of anilines is 1. The third-order valence-electron chi connectivity index (χ3n) is 2.85. The standard InChI is InChI=1S/C14H12ClF3N2OS/c1-3-11-12(20-13(22-11)19-7(2)21)8-4-5-10(15)9(6-8)14(16,17)18/h4-6H,3H2,1-2H3,(H,19,20,21). The number of amides is 1. The number of alkyl halides is 3. The van der Waals surface area contributed by atoms with Crippen molar-refractivity contribution in [3.63, 3.8) is 0 Å². The molecule has 0 aliphatic rings. The molecule has 1 heterocycles. The van der Waals surface area contributed by atoms with Gasteiger partial charge in [-0.2, -0.15) is 13.2 Å². The molecule has 0 fully saturated rings. The Balaban J connectivity index is 2.52. The molecule has 0 bridgehead atoms. The van der Waals surface area contributed by atoms with Gasteiger partial charge >= 0.3 is 6.18 Å². The molecule has 0 radical (unpaired) electrons. The smallest absolute Gasteiger partial charge is 0.302 e. The Morgan fingerprint density at radius 2 is 2.09 bits per heavy atom. The van der Waals surface area contributed by atoms with Crippen molar-refractivity contribution in [3.05, 3.63) is 33.7 Å². The summed E-state index contributed by atoms with van der Waals surface area (Å²) in [6.45, 7) is 3.21. The summed E-state index contributed by atoms with van der Waals surface area (Å²) >= 11 is 6.86. The van der Waals surface area contributed by atoms with E-state index in [-0.39, 0.29) is 10.9 Å². The van der Waals surface area contributed by atoms with Crippen LogP contribution in [0.3, 0.4) is 0 Å². The van der Waals surface area contributed by atoms with Crippen LogP contribution < -0.4 is 5.32 Å². The van der Waals surface area contributed by atoms with Crippen LogP contribution in [0.5, 0.6) is 0 Å². The van der Waals surface area contributed by atoms with E-state index in [1.54, 1.807) is 0 Å². The largest absolute Gasteiger partial charge is 0.417 e. The van der Waals surface area contributed by atoms with Crippen LogP contribution >= 0.6 is 22.9 Å². The van der Waals surface area contributed by atoms with Crippen molar-refractivity contribution in [2.45, 2.75) is 26.4 Å². The van der Waals surface area contributed by atoms with E-state index in [9.17, 15) is 18.0 Å². The molecule has 0 aliphatic carbocycles. The summed E-state index contributed by atoms with van der Waals surface area (Å²) in [7, 11) is 0. The van der Waals surface area contributed by atoms with Gasteiger partial charge in [-0.1, -0.05) is 24.6 Å². The molecule has 2 rings (SSSR count). The van der Waals surface area contributed by atoms with Crippen LogP contribution in [0.15, 0.2) is 18.2 Å². The first kappa shape index (κ1) is 16.8. The highest BCUT2D eigenvalue weighted by atomic mass is 35.5. The van der Waals surface area contributed by atoms with E-state index in [0.717, 1.165) is 10.9 Å². The van der Waals surface area contributed by atoms with Crippen LogP contribution in [-0.4, -0.2) is 10.9 Å². The molecule has 0 saturated carbocycles. The molecule has 0 saturated heterocycles. The molecule has 118 valence electrons. The van der Waals surface area contributed by atoms with Gasteiger partial charge in [0.25, 0.3) is 0 Å². The molecule has 8 heteroatoms. The summed E-state index contributed by atoms with van der Waals surface area (Å²) in [6, 6.07) is 3.67. The lowest BCUT2D eigenvalue weighted by atomic mass is 10.1. The van der Waals surface area contributed by atoms with E-state index in [2.05, 4.69) is 10.3 Å². The quantitative estimate of drug-likeness (QED) is 0.847. The third kappa shape index (κ3) is 3.59. The van der Waals surface area contributed by atoms with Gasteiger partial charge in [0.05, 0.1) is 16.3 Å². The van der Waals surface area contributed by atoms with Gasteiger partial charge in [0, 0.05) is 17.4 Å². The summed E-state index contributed by atoms with van der Waals surface area (Å²) in [5.41, 5.74) is -0.150. The molecular weight excluding hydrogens is 337 g/mol. The molecular formula is C14H12ClF3N2OS. The van der Waals surface area contributed by atoms with Crippen LogP contribution in [-0.2, 0) is 17.4 Å². The third-order valence-corrected chi connectivity index (χ3v) is 4.29. The molecule has 0 spiro atoms. The highest BCUT2D eigenvalue weighted by molar-refractivity contribution is 7.16. The summed E-state index contributed by atoms with van der Waals surface area (Å²) in [6.07, 6.45) is -3.94. The van der Waals surface area contributed by atoms with Crippen molar-refractivity contribution in [1.82, 2.24) is 4.98 Å². The minimum absolute atomic E-state index is 0.282. The lowest BCUT2D eigenvalue weighted by Crippen LogP contribution is -2.06. The van der Waals surface area contributed by atoms with Gasteiger partial charge in [0.1, 0.15) is 0 Å². The van der Waals surface area contributed by atoms with Gasteiger partial charge in [-0.3, -0.25) is 4.79 Å². The van der Waals surface area contributed by atoms with Crippen molar-refractivity contribution in [3.8, 4) is 11.3 Å². The summed E-state index contributed by atoms with van der Waals surface area (Å²) in [5, 5.41) is 2.55. The lowest BCUT2D eigenvalue weighted by molar-refractivity contribution is -0.137. The van der Waals surface area contributed by atoms with E-state index >= 15 is 0 Å². The number of carbonyl (C=O) groups excluding carboxylic acids is 1. The number of aromatic nitrogens is 1. The average molecular weight is 349 g/mol. The normalized spacial score (nSPS) is 11.5. The van der Waals surface area contributed by atoms with Gasteiger partial charge in [-0.05, 0) is 18.6 Å². The summed E-state index contributed by atoms with van der Waals surface area (Å²) in [4.78, 5) is 16.1. The minimum Gasteiger partial charge on any atom is -0.302 e. The number of nitrogens with one attached hydrogen (secondary N) is 1. The van der Waals surface area contributed by atoms with Crippen molar-refractivity contribution in [1.29, 1.82) is 0 Å². The van der Waals surface area contributed by atoms with E-state index < -0.39 is 11.7 Å². The minimum atomic E-state index is -4.53. The molecule has 0 aliphatic heterocycles. The lowest BCUT2D eigenvalue weighted by Gasteiger charge is -2.10. The number of benzene rings is 1. The number of aryl methyl sites for hydroxylation is 1. The highest BCUT2D eigenvalue weighted by Gasteiger charge is 2.33. The fourth-order valence-electron chi connectivity index (χ4n) is 1.91. The monoisotopic (exact) mass is 348 g/mol. The molecule has 0 atom stereocenters. The Hall–Kier alpha value is -1.60. The molecule has 3 nitrogen and oxygen atoms in total. The zero-order valence-electron chi connectivity index (χ0n) is 11.7. The molecule has 1 aromatic carbocycles. The fourth-order valence-corrected chi connectivity index (χ4v) is 3.11. The second-order valence-electron chi connectivity index (χ2n) is 4.52.